The number of nitrogens with zero attached hydrogens (tertiary/aromatic N) is 2. The van der Waals surface area contributed by atoms with Gasteiger partial charge in [0.2, 0.25) is 5.91 Å². The highest BCUT2D eigenvalue weighted by atomic mass is 19.1. The summed E-state index contributed by atoms with van der Waals surface area (Å²) in [4.78, 5) is 17.1. The van der Waals surface area contributed by atoms with E-state index in [-0.39, 0.29) is 17.6 Å². The van der Waals surface area contributed by atoms with Crippen LogP contribution >= 0.6 is 0 Å². The maximum absolute atomic E-state index is 13.0. The third kappa shape index (κ3) is 3.86. The first-order valence-corrected chi connectivity index (χ1v) is 9.88. The zero-order valence-electron chi connectivity index (χ0n) is 15.3. The monoisotopic (exact) mass is 360 g/mol. The van der Waals surface area contributed by atoms with Gasteiger partial charge in [0.05, 0.1) is 0 Å². The smallest absolute Gasteiger partial charge is 0.223 e. The summed E-state index contributed by atoms with van der Waals surface area (Å²) in [7, 11) is 0. The number of piperidine rings is 1. The number of hydrogen-bond acceptors (Lipinski definition) is 4. The summed E-state index contributed by atoms with van der Waals surface area (Å²) in [5, 5.41) is 6.54. The highest BCUT2D eigenvalue weighted by molar-refractivity contribution is 5.82. The van der Waals surface area contributed by atoms with Crippen LogP contribution < -0.4 is 15.5 Å². The van der Waals surface area contributed by atoms with E-state index in [2.05, 4.69) is 20.4 Å². The second kappa shape index (κ2) is 7.53. The molecular weight excluding hydrogens is 331 g/mol. The molecule has 142 valence electrons. The van der Waals surface area contributed by atoms with E-state index >= 15 is 0 Å². The van der Waals surface area contributed by atoms with E-state index in [1.807, 2.05) is 12.1 Å². The van der Waals surface area contributed by atoms with Crippen molar-refractivity contribution in [2.24, 2.45) is 11.3 Å². The fourth-order valence-electron chi connectivity index (χ4n) is 4.54. The minimum absolute atomic E-state index is 0.190. The van der Waals surface area contributed by atoms with E-state index < -0.39 is 0 Å². The molecule has 2 aliphatic heterocycles. The van der Waals surface area contributed by atoms with Gasteiger partial charge in [-0.2, -0.15) is 0 Å². The number of carbonyl (C=O) groups is 1. The number of carbonyl (C=O) groups excluding carboxylic acids is 1. The zero-order valence-corrected chi connectivity index (χ0v) is 15.3. The van der Waals surface area contributed by atoms with E-state index in [4.69, 9.17) is 0 Å². The highest BCUT2D eigenvalue weighted by Gasteiger charge is 2.57. The first-order chi connectivity index (χ1) is 12.7. The van der Waals surface area contributed by atoms with E-state index in [0.29, 0.717) is 5.41 Å². The van der Waals surface area contributed by atoms with E-state index in [1.165, 1.54) is 12.1 Å². The molecule has 5 nitrogen and oxygen atoms in total. The first-order valence-electron chi connectivity index (χ1n) is 9.88. The van der Waals surface area contributed by atoms with Crippen LogP contribution in [-0.2, 0) is 4.79 Å². The van der Waals surface area contributed by atoms with Gasteiger partial charge in [-0.15, -0.1) is 0 Å². The fourth-order valence-corrected chi connectivity index (χ4v) is 4.54. The zero-order chi connectivity index (χ0) is 18.0. The lowest BCUT2D eigenvalue weighted by atomic mass is 9.92. The summed E-state index contributed by atoms with van der Waals surface area (Å²) in [5.74, 6) is 0.321. The number of amides is 1. The predicted molar refractivity (Wildman–Crippen MR) is 101 cm³/mol. The van der Waals surface area contributed by atoms with Crippen LogP contribution in [-0.4, -0.2) is 63.2 Å². The van der Waals surface area contributed by atoms with Crippen molar-refractivity contribution in [1.82, 2.24) is 15.5 Å². The highest BCUT2D eigenvalue weighted by Crippen LogP contribution is 2.58. The molecule has 2 saturated heterocycles. The van der Waals surface area contributed by atoms with Gasteiger partial charge < -0.3 is 15.5 Å². The molecule has 0 aromatic heterocycles. The standard InChI is InChI=1S/C20H29FN4O/c21-16-1-3-17(4-2-16)25-13-11-24(12-14-25)10-9-23-19(26)18-15-20(18)5-7-22-8-6-20/h1-4,18,22H,5-15H2,(H,23,26). The van der Waals surface area contributed by atoms with Crippen LogP contribution in [0.1, 0.15) is 19.3 Å². The summed E-state index contributed by atoms with van der Waals surface area (Å²) >= 11 is 0. The van der Waals surface area contributed by atoms with Crippen LogP contribution in [0.2, 0.25) is 0 Å². The molecule has 1 aromatic rings. The van der Waals surface area contributed by atoms with Crippen LogP contribution in [0.3, 0.4) is 0 Å². The minimum Gasteiger partial charge on any atom is -0.369 e. The second-order valence-corrected chi connectivity index (χ2v) is 7.97. The number of benzene rings is 1. The number of piperazine rings is 1. The Kier molecular flexibility index (Phi) is 5.14. The third-order valence-corrected chi connectivity index (χ3v) is 6.40. The molecule has 1 aromatic carbocycles. The van der Waals surface area contributed by atoms with Crippen LogP contribution in [0.4, 0.5) is 10.1 Å². The molecule has 3 aliphatic rings. The molecule has 1 amide bonds. The maximum Gasteiger partial charge on any atom is 0.223 e. The number of rotatable bonds is 5. The Hall–Kier alpha value is -1.66. The van der Waals surface area contributed by atoms with Gasteiger partial charge in [0.25, 0.3) is 0 Å². The molecule has 0 radical (unpaired) electrons. The van der Waals surface area contributed by atoms with E-state index in [9.17, 15) is 9.18 Å². The molecule has 2 heterocycles. The molecule has 6 heteroatoms. The summed E-state index contributed by atoms with van der Waals surface area (Å²) < 4.78 is 13.0. The quantitative estimate of drug-likeness (QED) is 0.835. The topological polar surface area (TPSA) is 47.6 Å². The summed E-state index contributed by atoms with van der Waals surface area (Å²) in [5.41, 5.74) is 1.40. The molecule has 0 bridgehead atoms. The summed E-state index contributed by atoms with van der Waals surface area (Å²) in [6.45, 7) is 7.60. The molecule has 1 saturated carbocycles. The Labute approximate surface area is 154 Å². The van der Waals surface area contributed by atoms with Gasteiger partial charge in [0, 0.05) is 50.9 Å². The first kappa shape index (κ1) is 17.7. The van der Waals surface area contributed by atoms with Gasteiger partial charge in [0.15, 0.2) is 0 Å². The van der Waals surface area contributed by atoms with Gasteiger partial charge in [-0.1, -0.05) is 0 Å². The van der Waals surface area contributed by atoms with Crippen molar-refractivity contribution in [3.05, 3.63) is 30.1 Å². The predicted octanol–water partition coefficient (Wildman–Crippen LogP) is 1.45. The van der Waals surface area contributed by atoms with Gasteiger partial charge >= 0.3 is 0 Å². The number of halogens is 1. The number of hydrogen-bond donors (Lipinski definition) is 2. The van der Waals surface area contributed by atoms with Crippen LogP contribution in [0.25, 0.3) is 0 Å². The van der Waals surface area contributed by atoms with Crippen LogP contribution in [0.5, 0.6) is 0 Å². The molecule has 1 aliphatic carbocycles. The molecule has 1 spiro atoms. The third-order valence-electron chi connectivity index (χ3n) is 6.40. The van der Waals surface area contributed by atoms with Crippen molar-refractivity contribution >= 4 is 11.6 Å². The van der Waals surface area contributed by atoms with Gasteiger partial charge in [-0.3, -0.25) is 9.69 Å². The maximum atomic E-state index is 13.0. The van der Waals surface area contributed by atoms with E-state index in [0.717, 1.165) is 77.3 Å². The fraction of sp³-hybridized carbons (Fsp3) is 0.650. The molecule has 26 heavy (non-hydrogen) atoms. The van der Waals surface area contributed by atoms with Gasteiger partial charge in [-0.25, -0.2) is 4.39 Å². The lowest BCUT2D eigenvalue weighted by Gasteiger charge is -2.36. The number of anilines is 1. The Balaban J connectivity index is 1.15. The van der Waals surface area contributed by atoms with E-state index in [1.54, 1.807) is 0 Å². The van der Waals surface area contributed by atoms with Crippen molar-refractivity contribution in [3.63, 3.8) is 0 Å². The SMILES string of the molecule is O=C(NCCN1CCN(c2ccc(F)cc2)CC1)C1CC12CCNCC2. The second-order valence-electron chi connectivity index (χ2n) is 7.97. The average Bonchev–Trinajstić information content (AvgIpc) is 3.36. The Bertz CT molecular complexity index is 621. The van der Waals surface area contributed by atoms with Crippen molar-refractivity contribution in [2.45, 2.75) is 19.3 Å². The van der Waals surface area contributed by atoms with Gasteiger partial charge in [0.1, 0.15) is 5.82 Å². The Morgan fingerprint density at radius 2 is 1.85 bits per heavy atom. The molecular formula is C20H29FN4O. The molecule has 3 fully saturated rings. The molecule has 1 unspecified atom stereocenters. The Morgan fingerprint density at radius 1 is 1.15 bits per heavy atom. The van der Waals surface area contributed by atoms with Crippen molar-refractivity contribution in [2.75, 3.05) is 57.3 Å². The molecule has 1 atom stereocenters. The Morgan fingerprint density at radius 3 is 2.54 bits per heavy atom. The van der Waals surface area contributed by atoms with Gasteiger partial charge in [-0.05, 0) is 62.0 Å². The van der Waals surface area contributed by atoms with Crippen molar-refractivity contribution < 1.29 is 9.18 Å². The lowest BCUT2D eigenvalue weighted by molar-refractivity contribution is -0.123. The summed E-state index contributed by atoms with van der Waals surface area (Å²) in [6.07, 6.45) is 3.38. The molecule has 4 rings (SSSR count). The van der Waals surface area contributed by atoms with Crippen molar-refractivity contribution in [3.8, 4) is 0 Å². The van der Waals surface area contributed by atoms with Crippen molar-refractivity contribution in [1.29, 1.82) is 0 Å². The average molecular weight is 360 g/mol. The summed E-state index contributed by atoms with van der Waals surface area (Å²) in [6, 6.07) is 6.73. The van der Waals surface area contributed by atoms with Crippen LogP contribution in [0.15, 0.2) is 24.3 Å². The largest absolute Gasteiger partial charge is 0.369 e. The molecule has 2 N–H and O–H groups in total. The lowest BCUT2D eigenvalue weighted by Crippen LogP contribution is -2.48. The normalized spacial score (nSPS) is 25.3. The number of nitrogens with one attached hydrogen (secondary N) is 2. The minimum atomic E-state index is -0.190. The van der Waals surface area contributed by atoms with Crippen LogP contribution in [0, 0.1) is 17.2 Å².